The van der Waals surface area contributed by atoms with E-state index in [1.54, 1.807) is 37.4 Å². The normalized spacial score (nSPS) is 18.4. The molecule has 1 fully saturated rings. The molecule has 1 aliphatic heterocycles. The number of aromatic nitrogens is 2. The maximum Gasteiger partial charge on any atom is 0.263 e. The van der Waals surface area contributed by atoms with Crippen LogP contribution in [0.3, 0.4) is 0 Å². The number of amides is 1. The Morgan fingerprint density at radius 3 is 3.00 bits per heavy atom. The third-order valence-electron chi connectivity index (χ3n) is 4.53. The van der Waals surface area contributed by atoms with Crippen LogP contribution < -0.4 is 4.74 Å². The Morgan fingerprint density at radius 2 is 2.24 bits per heavy atom. The topological polar surface area (TPSA) is 71.2 Å². The zero-order valence-corrected chi connectivity index (χ0v) is 14.3. The predicted octanol–water partition coefficient (Wildman–Crippen LogP) is 2.60. The fraction of sp³-hybridized carbons (Fsp3) is 0.421. The Kier molecular flexibility index (Phi) is 5.34. The number of carbonyl (C=O) groups is 1. The molecule has 6 heteroatoms. The van der Waals surface area contributed by atoms with E-state index in [2.05, 4.69) is 11.2 Å². The highest BCUT2D eigenvalue weighted by Crippen LogP contribution is 2.22. The smallest absolute Gasteiger partial charge is 0.263 e. The SMILES string of the molecule is CC(Oc1ccccc1C#N)C(=O)N1CCCCC1Cn1cccn1. The first-order valence-electron chi connectivity index (χ1n) is 8.62. The number of para-hydroxylation sites is 1. The lowest BCUT2D eigenvalue weighted by Crippen LogP contribution is -2.50. The predicted molar refractivity (Wildman–Crippen MR) is 92.8 cm³/mol. The van der Waals surface area contributed by atoms with Gasteiger partial charge in [-0.05, 0) is 44.4 Å². The number of hydrogen-bond donors (Lipinski definition) is 0. The van der Waals surface area contributed by atoms with Gasteiger partial charge >= 0.3 is 0 Å². The summed E-state index contributed by atoms with van der Waals surface area (Å²) in [5.74, 6) is 0.413. The Morgan fingerprint density at radius 1 is 1.40 bits per heavy atom. The molecule has 0 radical (unpaired) electrons. The third-order valence-corrected chi connectivity index (χ3v) is 4.53. The first kappa shape index (κ1) is 17.0. The molecule has 6 nitrogen and oxygen atoms in total. The second-order valence-corrected chi connectivity index (χ2v) is 6.28. The minimum Gasteiger partial charge on any atom is -0.480 e. The molecule has 3 rings (SSSR count). The molecule has 0 saturated carbocycles. The van der Waals surface area contributed by atoms with Gasteiger partial charge in [0.1, 0.15) is 11.8 Å². The number of rotatable bonds is 5. The maximum atomic E-state index is 12.9. The molecule has 2 heterocycles. The van der Waals surface area contributed by atoms with Crippen molar-refractivity contribution in [1.82, 2.24) is 14.7 Å². The minimum atomic E-state index is -0.632. The van der Waals surface area contributed by atoms with E-state index >= 15 is 0 Å². The van der Waals surface area contributed by atoms with Crippen molar-refractivity contribution in [3.8, 4) is 11.8 Å². The van der Waals surface area contributed by atoms with Gasteiger partial charge in [-0.1, -0.05) is 12.1 Å². The highest BCUT2D eigenvalue weighted by atomic mass is 16.5. The fourth-order valence-corrected chi connectivity index (χ4v) is 3.24. The summed E-state index contributed by atoms with van der Waals surface area (Å²) in [5.41, 5.74) is 0.439. The van der Waals surface area contributed by atoms with Crippen LogP contribution in [0, 0.1) is 11.3 Å². The minimum absolute atomic E-state index is 0.0374. The lowest BCUT2D eigenvalue weighted by atomic mass is 10.0. The van der Waals surface area contributed by atoms with Crippen LogP contribution in [0.15, 0.2) is 42.7 Å². The van der Waals surface area contributed by atoms with E-state index in [1.807, 2.05) is 21.8 Å². The molecule has 0 N–H and O–H groups in total. The van der Waals surface area contributed by atoms with Crippen LogP contribution in [-0.2, 0) is 11.3 Å². The molecule has 25 heavy (non-hydrogen) atoms. The molecule has 2 aromatic rings. The van der Waals surface area contributed by atoms with Crippen molar-refractivity contribution in [3.05, 3.63) is 48.3 Å². The quantitative estimate of drug-likeness (QED) is 0.840. The highest BCUT2D eigenvalue weighted by molar-refractivity contribution is 5.81. The second kappa shape index (κ2) is 7.84. The van der Waals surface area contributed by atoms with Crippen molar-refractivity contribution < 1.29 is 9.53 Å². The molecule has 130 valence electrons. The summed E-state index contributed by atoms with van der Waals surface area (Å²) in [7, 11) is 0. The zero-order chi connectivity index (χ0) is 17.6. The molecule has 1 saturated heterocycles. The molecule has 2 unspecified atom stereocenters. The largest absolute Gasteiger partial charge is 0.480 e. The molecular formula is C19H22N4O2. The number of hydrogen-bond acceptors (Lipinski definition) is 4. The van der Waals surface area contributed by atoms with Crippen LogP contribution in [-0.4, -0.2) is 39.3 Å². The van der Waals surface area contributed by atoms with E-state index in [-0.39, 0.29) is 11.9 Å². The number of nitrogens with zero attached hydrogens (tertiary/aromatic N) is 4. The van der Waals surface area contributed by atoms with Gasteiger partial charge in [0.25, 0.3) is 5.91 Å². The summed E-state index contributed by atoms with van der Waals surface area (Å²) >= 11 is 0. The Balaban J connectivity index is 1.70. The summed E-state index contributed by atoms with van der Waals surface area (Å²) in [6.45, 7) is 3.18. The van der Waals surface area contributed by atoms with Crippen LogP contribution in [0.5, 0.6) is 5.75 Å². The Labute approximate surface area is 147 Å². The van der Waals surface area contributed by atoms with Crippen molar-refractivity contribution in [1.29, 1.82) is 5.26 Å². The van der Waals surface area contributed by atoms with Crippen LogP contribution in [0.25, 0.3) is 0 Å². The van der Waals surface area contributed by atoms with Crippen LogP contribution in [0.1, 0.15) is 31.7 Å². The molecular weight excluding hydrogens is 316 g/mol. The van der Waals surface area contributed by atoms with E-state index in [0.717, 1.165) is 25.8 Å². The first-order chi connectivity index (χ1) is 12.2. The first-order valence-corrected chi connectivity index (χ1v) is 8.62. The van der Waals surface area contributed by atoms with Gasteiger partial charge in [0, 0.05) is 18.9 Å². The van der Waals surface area contributed by atoms with E-state index < -0.39 is 6.10 Å². The van der Waals surface area contributed by atoms with E-state index in [1.165, 1.54) is 0 Å². The Bertz CT molecular complexity index is 751. The maximum absolute atomic E-state index is 12.9. The zero-order valence-electron chi connectivity index (χ0n) is 14.3. The lowest BCUT2D eigenvalue weighted by Gasteiger charge is -2.37. The molecule has 0 aliphatic carbocycles. The summed E-state index contributed by atoms with van der Waals surface area (Å²) in [5, 5.41) is 13.4. The molecule has 0 bridgehead atoms. The van der Waals surface area contributed by atoms with Crippen molar-refractivity contribution >= 4 is 5.91 Å². The molecule has 1 aromatic heterocycles. The average Bonchev–Trinajstić information content (AvgIpc) is 3.15. The number of carbonyl (C=O) groups excluding carboxylic acids is 1. The van der Waals surface area contributed by atoms with Gasteiger partial charge in [-0.2, -0.15) is 10.4 Å². The summed E-state index contributed by atoms with van der Waals surface area (Å²) in [4.78, 5) is 14.8. The van der Waals surface area contributed by atoms with Gasteiger partial charge in [-0.3, -0.25) is 9.48 Å². The molecule has 1 amide bonds. The Hall–Kier alpha value is -2.81. The second-order valence-electron chi connectivity index (χ2n) is 6.28. The molecule has 1 aliphatic rings. The van der Waals surface area contributed by atoms with Gasteiger partial charge in [-0.25, -0.2) is 0 Å². The van der Waals surface area contributed by atoms with Crippen LogP contribution in [0.4, 0.5) is 0 Å². The van der Waals surface area contributed by atoms with Gasteiger partial charge in [0.2, 0.25) is 0 Å². The lowest BCUT2D eigenvalue weighted by molar-refractivity contribution is -0.142. The van der Waals surface area contributed by atoms with E-state index in [4.69, 9.17) is 10.00 Å². The van der Waals surface area contributed by atoms with Gasteiger partial charge < -0.3 is 9.64 Å². The van der Waals surface area contributed by atoms with Gasteiger partial charge in [0.05, 0.1) is 18.2 Å². The molecule has 0 spiro atoms. The summed E-state index contributed by atoms with van der Waals surface area (Å²) in [6, 6.07) is 11.1. The van der Waals surface area contributed by atoms with Crippen molar-refractivity contribution in [2.75, 3.05) is 6.54 Å². The van der Waals surface area contributed by atoms with E-state index in [9.17, 15) is 4.79 Å². The highest BCUT2D eigenvalue weighted by Gasteiger charge is 2.31. The number of nitriles is 1. The number of benzene rings is 1. The fourth-order valence-electron chi connectivity index (χ4n) is 3.24. The monoisotopic (exact) mass is 338 g/mol. The number of piperidine rings is 1. The van der Waals surface area contributed by atoms with E-state index in [0.29, 0.717) is 17.9 Å². The molecule has 1 aromatic carbocycles. The standard InChI is InChI=1S/C19H22N4O2/c1-15(25-18-9-3-2-7-16(18)13-20)19(24)23-12-5-4-8-17(23)14-22-11-6-10-21-22/h2-3,6-7,9-11,15,17H,4-5,8,12,14H2,1H3. The number of likely N-dealkylation sites (tertiary alicyclic amines) is 1. The van der Waals surface area contributed by atoms with Crippen molar-refractivity contribution in [2.45, 2.75) is 44.9 Å². The van der Waals surface area contributed by atoms with Crippen LogP contribution in [0.2, 0.25) is 0 Å². The summed E-state index contributed by atoms with van der Waals surface area (Å²) in [6.07, 6.45) is 6.12. The average molecular weight is 338 g/mol. The third kappa shape index (κ3) is 4.00. The molecule has 2 atom stereocenters. The summed E-state index contributed by atoms with van der Waals surface area (Å²) < 4.78 is 7.67. The van der Waals surface area contributed by atoms with Crippen molar-refractivity contribution in [2.24, 2.45) is 0 Å². The van der Waals surface area contributed by atoms with Crippen LogP contribution >= 0.6 is 0 Å². The van der Waals surface area contributed by atoms with Gasteiger partial charge in [0.15, 0.2) is 6.10 Å². The number of ether oxygens (including phenoxy) is 1. The van der Waals surface area contributed by atoms with Gasteiger partial charge in [-0.15, -0.1) is 0 Å². The van der Waals surface area contributed by atoms with Crippen molar-refractivity contribution in [3.63, 3.8) is 0 Å².